The molecule has 3 aromatic rings. The standard InChI is InChI=1S/C19H14Cl3FN2O2S/c1-2-25(9-15(26)24-17-12(20)4-3-5-13(17)21)19(27)18-16(22)11-7-6-10(23)8-14(11)28-18/h3-8H,2,9H2,1H3,(H,24,26). The molecule has 0 aliphatic rings. The molecule has 1 heterocycles. The number of carbonyl (C=O) groups is 2. The van der Waals surface area contributed by atoms with Crippen molar-refractivity contribution in [3.05, 3.63) is 62.2 Å². The largest absolute Gasteiger partial charge is 0.329 e. The first-order chi connectivity index (χ1) is 13.3. The number of likely N-dealkylation sites (N-methyl/N-ethyl adjacent to an activating group) is 1. The summed E-state index contributed by atoms with van der Waals surface area (Å²) in [5, 5.41) is 4.06. The van der Waals surface area contributed by atoms with Gasteiger partial charge in [0.15, 0.2) is 0 Å². The molecule has 3 rings (SSSR count). The second-order valence-electron chi connectivity index (χ2n) is 5.85. The smallest absolute Gasteiger partial charge is 0.265 e. The molecule has 28 heavy (non-hydrogen) atoms. The van der Waals surface area contributed by atoms with E-state index in [9.17, 15) is 14.0 Å². The molecule has 0 unspecified atom stereocenters. The number of nitrogens with one attached hydrogen (secondary N) is 1. The first kappa shape index (κ1) is 20.9. The number of hydrogen-bond donors (Lipinski definition) is 1. The van der Waals surface area contributed by atoms with Crippen LogP contribution in [0.1, 0.15) is 16.6 Å². The van der Waals surface area contributed by atoms with Gasteiger partial charge >= 0.3 is 0 Å². The van der Waals surface area contributed by atoms with Crippen molar-refractivity contribution in [2.24, 2.45) is 0 Å². The maximum absolute atomic E-state index is 13.4. The van der Waals surface area contributed by atoms with Crippen LogP contribution in [0.5, 0.6) is 0 Å². The summed E-state index contributed by atoms with van der Waals surface area (Å²) in [7, 11) is 0. The van der Waals surface area contributed by atoms with Crippen molar-refractivity contribution in [2.45, 2.75) is 6.92 Å². The number of halogens is 4. The van der Waals surface area contributed by atoms with E-state index < -0.39 is 17.6 Å². The Kier molecular flexibility index (Phi) is 6.45. The highest BCUT2D eigenvalue weighted by Gasteiger charge is 2.24. The molecule has 9 heteroatoms. The van der Waals surface area contributed by atoms with Crippen LogP contribution in [0.4, 0.5) is 10.1 Å². The van der Waals surface area contributed by atoms with Crippen LogP contribution in [0, 0.1) is 5.82 Å². The number of rotatable bonds is 5. The van der Waals surface area contributed by atoms with Crippen molar-refractivity contribution in [1.29, 1.82) is 0 Å². The summed E-state index contributed by atoms with van der Waals surface area (Å²) in [5.74, 6) is -1.27. The topological polar surface area (TPSA) is 49.4 Å². The summed E-state index contributed by atoms with van der Waals surface area (Å²) < 4.78 is 14.0. The fourth-order valence-electron chi connectivity index (χ4n) is 2.62. The van der Waals surface area contributed by atoms with Crippen molar-refractivity contribution in [3.63, 3.8) is 0 Å². The highest BCUT2D eigenvalue weighted by molar-refractivity contribution is 7.21. The van der Waals surface area contributed by atoms with Gasteiger partial charge in [-0.05, 0) is 37.3 Å². The van der Waals surface area contributed by atoms with E-state index in [4.69, 9.17) is 34.8 Å². The summed E-state index contributed by atoms with van der Waals surface area (Å²) in [6.45, 7) is 1.81. The molecule has 0 aliphatic heterocycles. The van der Waals surface area contributed by atoms with Crippen LogP contribution in [-0.4, -0.2) is 29.8 Å². The SMILES string of the molecule is CCN(CC(=O)Nc1c(Cl)cccc1Cl)C(=O)c1sc2cc(F)ccc2c1Cl. The molecule has 0 bridgehead atoms. The third kappa shape index (κ3) is 4.25. The number of hydrogen-bond acceptors (Lipinski definition) is 3. The molecule has 1 aromatic heterocycles. The Bertz CT molecular complexity index is 1050. The van der Waals surface area contributed by atoms with Gasteiger partial charge in [0.1, 0.15) is 17.2 Å². The first-order valence-electron chi connectivity index (χ1n) is 8.22. The Morgan fingerprint density at radius 1 is 1.14 bits per heavy atom. The molecule has 1 N–H and O–H groups in total. The van der Waals surface area contributed by atoms with Crippen LogP contribution in [0.2, 0.25) is 15.1 Å². The summed E-state index contributed by atoms with van der Waals surface area (Å²) in [6.07, 6.45) is 0. The van der Waals surface area contributed by atoms with Gasteiger partial charge in [-0.3, -0.25) is 9.59 Å². The Morgan fingerprint density at radius 2 is 1.82 bits per heavy atom. The number of amides is 2. The van der Waals surface area contributed by atoms with Gasteiger partial charge in [0.25, 0.3) is 5.91 Å². The summed E-state index contributed by atoms with van der Waals surface area (Å²) in [5.41, 5.74) is 0.287. The fourth-order valence-corrected chi connectivity index (χ4v) is 4.61. The van der Waals surface area contributed by atoms with E-state index in [1.807, 2.05) is 0 Å². The average molecular weight is 460 g/mol. The van der Waals surface area contributed by atoms with Crippen LogP contribution >= 0.6 is 46.1 Å². The quantitative estimate of drug-likeness (QED) is 0.501. The molecule has 0 saturated heterocycles. The predicted molar refractivity (Wildman–Crippen MR) is 113 cm³/mol. The number of para-hydroxylation sites is 1. The van der Waals surface area contributed by atoms with Crippen molar-refractivity contribution < 1.29 is 14.0 Å². The monoisotopic (exact) mass is 458 g/mol. The van der Waals surface area contributed by atoms with Gasteiger partial charge in [-0.1, -0.05) is 40.9 Å². The Labute approximate surface area is 179 Å². The number of thiophene rings is 1. The number of anilines is 1. The van der Waals surface area contributed by atoms with E-state index in [1.54, 1.807) is 25.1 Å². The fraction of sp³-hybridized carbons (Fsp3) is 0.158. The van der Waals surface area contributed by atoms with Gasteiger partial charge < -0.3 is 10.2 Å². The van der Waals surface area contributed by atoms with E-state index in [-0.39, 0.29) is 28.7 Å². The Hall–Kier alpha value is -1.86. The maximum atomic E-state index is 13.4. The van der Waals surface area contributed by atoms with Crippen molar-refractivity contribution >= 4 is 73.7 Å². The molecule has 0 spiro atoms. The normalized spacial score (nSPS) is 10.9. The van der Waals surface area contributed by atoms with Gasteiger partial charge in [-0.2, -0.15) is 0 Å². The number of fused-ring (bicyclic) bond motifs is 1. The van der Waals surface area contributed by atoms with Gasteiger partial charge in [0.2, 0.25) is 5.91 Å². The molecule has 0 saturated carbocycles. The zero-order chi connectivity index (χ0) is 20.4. The van der Waals surface area contributed by atoms with E-state index in [0.29, 0.717) is 20.1 Å². The summed E-state index contributed by atoms with van der Waals surface area (Å²) in [4.78, 5) is 26.9. The molecule has 4 nitrogen and oxygen atoms in total. The third-order valence-electron chi connectivity index (χ3n) is 4.02. The van der Waals surface area contributed by atoms with Gasteiger partial charge in [-0.25, -0.2) is 4.39 Å². The van der Waals surface area contributed by atoms with Gasteiger partial charge in [-0.15, -0.1) is 11.3 Å². The Balaban J connectivity index is 1.80. The van der Waals surface area contributed by atoms with Crippen molar-refractivity contribution in [2.75, 3.05) is 18.4 Å². The molecule has 2 amide bonds. The molecule has 0 atom stereocenters. The molecule has 0 aliphatic carbocycles. The lowest BCUT2D eigenvalue weighted by Crippen LogP contribution is -2.37. The van der Waals surface area contributed by atoms with Crippen LogP contribution in [0.25, 0.3) is 10.1 Å². The van der Waals surface area contributed by atoms with Crippen LogP contribution < -0.4 is 5.32 Å². The summed E-state index contributed by atoms with van der Waals surface area (Å²) >= 11 is 19.5. The average Bonchev–Trinajstić information content (AvgIpc) is 2.98. The highest BCUT2D eigenvalue weighted by Crippen LogP contribution is 2.36. The van der Waals surface area contributed by atoms with E-state index >= 15 is 0 Å². The zero-order valence-electron chi connectivity index (χ0n) is 14.6. The number of carbonyl (C=O) groups excluding carboxylic acids is 2. The Morgan fingerprint density at radius 3 is 2.46 bits per heavy atom. The van der Waals surface area contributed by atoms with Gasteiger partial charge in [0, 0.05) is 16.6 Å². The molecular weight excluding hydrogens is 446 g/mol. The third-order valence-corrected chi connectivity index (χ3v) is 6.29. The first-order valence-corrected chi connectivity index (χ1v) is 10.2. The van der Waals surface area contributed by atoms with Gasteiger partial charge in [0.05, 0.1) is 20.8 Å². The minimum absolute atomic E-state index is 0.212. The minimum atomic E-state index is -0.450. The highest BCUT2D eigenvalue weighted by atomic mass is 35.5. The van der Waals surface area contributed by atoms with Crippen LogP contribution in [0.3, 0.4) is 0 Å². The molecule has 2 aromatic carbocycles. The van der Waals surface area contributed by atoms with Crippen LogP contribution in [0.15, 0.2) is 36.4 Å². The second-order valence-corrected chi connectivity index (χ2v) is 8.09. The lowest BCUT2D eigenvalue weighted by molar-refractivity contribution is -0.116. The zero-order valence-corrected chi connectivity index (χ0v) is 17.6. The summed E-state index contributed by atoms with van der Waals surface area (Å²) in [6, 6.07) is 9.00. The molecule has 146 valence electrons. The lowest BCUT2D eigenvalue weighted by Gasteiger charge is -2.20. The van der Waals surface area contributed by atoms with Crippen molar-refractivity contribution in [1.82, 2.24) is 4.90 Å². The van der Waals surface area contributed by atoms with E-state index in [2.05, 4.69) is 5.32 Å². The second kappa shape index (κ2) is 8.66. The minimum Gasteiger partial charge on any atom is -0.329 e. The van der Waals surface area contributed by atoms with E-state index in [0.717, 1.165) is 11.3 Å². The predicted octanol–water partition coefficient (Wildman–Crippen LogP) is 6.10. The number of nitrogens with zero attached hydrogens (tertiary/aromatic N) is 1. The molecule has 0 fully saturated rings. The molecule has 0 radical (unpaired) electrons. The maximum Gasteiger partial charge on any atom is 0.265 e. The van der Waals surface area contributed by atoms with Crippen molar-refractivity contribution in [3.8, 4) is 0 Å². The van der Waals surface area contributed by atoms with Crippen LogP contribution in [-0.2, 0) is 4.79 Å². The number of benzene rings is 2. The molecular formula is C19H14Cl3FN2O2S. The van der Waals surface area contributed by atoms with E-state index in [1.165, 1.54) is 23.1 Å². The lowest BCUT2D eigenvalue weighted by atomic mass is 10.2.